The molecule has 0 saturated carbocycles. The van der Waals surface area contributed by atoms with Crippen LogP contribution in [0.15, 0.2) is 77.7 Å². The van der Waals surface area contributed by atoms with Crippen LogP contribution < -0.4 is 19.1 Å². The summed E-state index contributed by atoms with van der Waals surface area (Å²) in [5, 5.41) is 2.84. The van der Waals surface area contributed by atoms with Crippen molar-refractivity contribution in [2.75, 3.05) is 25.1 Å². The van der Waals surface area contributed by atoms with Gasteiger partial charge in [0, 0.05) is 12.6 Å². The van der Waals surface area contributed by atoms with Crippen molar-refractivity contribution in [3.8, 4) is 11.5 Å². The van der Waals surface area contributed by atoms with E-state index in [9.17, 15) is 22.4 Å². The standard InChI is InChI=1S/C30H36FN3O6S/c1-6-26(30(36)32-21(2)3)33(19-22-11-13-23(31)14-12-22)29(35)20-34(27-9-7-8-10-28(27)40-5)41(37,38)25-17-15-24(39-4)16-18-25/h7-18,21,26H,6,19-20H2,1-5H3,(H,32,36)/t26-/m1/s1. The third-order valence-electron chi connectivity index (χ3n) is 6.36. The van der Waals surface area contributed by atoms with Gasteiger partial charge in [0.15, 0.2) is 0 Å². The molecule has 0 radical (unpaired) electrons. The minimum Gasteiger partial charge on any atom is -0.497 e. The van der Waals surface area contributed by atoms with E-state index in [1.54, 1.807) is 31.2 Å². The number of para-hydroxylation sites is 2. The number of carbonyl (C=O) groups excluding carboxylic acids is 2. The third kappa shape index (κ3) is 7.75. The summed E-state index contributed by atoms with van der Waals surface area (Å²) in [6.45, 7) is 4.72. The molecule has 9 nitrogen and oxygen atoms in total. The number of methoxy groups -OCH3 is 2. The van der Waals surface area contributed by atoms with E-state index in [0.29, 0.717) is 11.3 Å². The summed E-state index contributed by atoms with van der Waals surface area (Å²) in [6.07, 6.45) is 0.269. The molecule has 0 fully saturated rings. The first-order valence-electron chi connectivity index (χ1n) is 13.2. The average Bonchev–Trinajstić information content (AvgIpc) is 2.96. The van der Waals surface area contributed by atoms with Gasteiger partial charge in [0.25, 0.3) is 10.0 Å². The molecule has 0 aliphatic heterocycles. The number of sulfonamides is 1. The third-order valence-corrected chi connectivity index (χ3v) is 8.14. The van der Waals surface area contributed by atoms with Crippen molar-refractivity contribution >= 4 is 27.5 Å². The number of anilines is 1. The highest BCUT2D eigenvalue weighted by Gasteiger charge is 2.34. The molecule has 0 heterocycles. The predicted molar refractivity (Wildman–Crippen MR) is 155 cm³/mol. The van der Waals surface area contributed by atoms with E-state index in [1.807, 2.05) is 13.8 Å². The molecule has 0 saturated heterocycles. The van der Waals surface area contributed by atoms with Crippen molar-refractivity contribution in [3.63, 3.8) is 0 Å². The van der Waals surface area contributed by atoms with E-state index in [2.05, 4.69) is 5.32 Å². The lowest BCUT2D eigenvalue weighted by Crippen LogP contribution is -2.53. The van der Waals surface area contributed by atoms with Gasteiger partial charge < -0.3 is 19.7 Å². The first-order valence-corrected chi connectivity index (χ1v) is 14.6. The van der Waals surface area contributed by atoms with Gasteiger partial charge in [-0.2, -0.15) is 0 Å². The molecule has 3 rings (SSSR count). The van der Waals surface area contributed by atoms with E-state index in [0.717, 1.165) is 4.31 Å². The van der Waals surface area contributed by atoms with E-state index >= 15 is 0 Å². The molecule has 0 aromatic heterocycles. The van der Waals surface area contributed by atoms with Crippen LogP contribution in [0.4, 0.5) is 10.1 Å². The molecule has 41 heavy (non-hydrogen) atoms. The Morgan fingerprint density at radius 2 is 1.56 bits per heavy atom. The van der Waals surface area contributed by atoms with Crippen LogP contribution >= 0.6 is 0 Å². The first kappa shape index (κ1) is 31.4. The lowest BCUT2D eigenvalue weighted by molar-refractivity contribution is -0.140. The maximum Gasteiger partial charge on any atom is 0.264 e. The highest BCUT2D eigenvalue weighted by atomic mass is 32.2. The SMILES string of the molecule is CC[C@H](C(=O)NC(C)C)N(Cc1ccc(F)cc1)C(=O)CN(c1ccccc1OC)S(=O)(=O)c1ccc(OC)cc1. The largest absolute Gasteiger partial charge is 0.497 e. The van der Waals surface area contributed by atoms with Gasteiger partial charge in [0.05, 0.1) is 24.8 Å². The number of ether oxygens (including phenoxy) is 2. The fourth-order valence-corrected chi connectivity index (χ4v) is 5.74. The van der Waals surface area contributed by atoms with Gasteiger partial charge in [0.2, 0.25) is 11.8 Å². The van der Waals surface area contributed by atoms with E-state index in [1.165, 1.54) is 67.7 Å². The number of hydrogen-bond donors (Lipinski definition) is 1. The van der Waals surface area contributed by atoms with Gasteiger partial charge in [-0.3, -0.25) is 13.9 Å². The summed E-state index contributed by atoms with van der Waals surface area (Å²) in [5.74, 6) is -0.726. The minimum absolute atomic E-state index is 0.0362. The van der Waals surface area contributed by atoms with Gasteiger partial charge in [-0.05, 0) is 74.4 Å². The van der Waals surface area contributed by atoms with Gasteiger partial charge in [-0.15, -0.1) is 0 Å². The van der Waals surface area contributed by atoms with Crippen LogP contribution in [0.2, 0.25) is 0 Å². The lowest BCUT2D eigenvalue weighted by atomic mass is 10.1. The molecule has 3 aromatic carbocycles. The fraction of sp³-hybridized carbons (Fsp3) is 0.333. The molecule has 0 bridgehead atoms. The van der Waals surface area contributed by atoms with Crippen LogP contribution in [0.3, 0.4) is 0 Å². The Morgan fingerprint density at radius 1 is 0.927 bits per heavy atom. The van der Waals surface area contributed by atoms with Crippen molar-refractivity contribution in [1.29, 1.82) is 0 Å². The van der Waals surface area contributed by atoms with Crippen LogP contribution in [0.1, 0.15) is 32.8 Å². The number of carbonyl (C=O) groups is 2. The number of halogens is 1. The summed E-state index contributed by atoms with van der Waals surface area (Å²) < 4.78 is 53.2. The molecule has 0 aliphatic carbocycles. The molecule has 0 spiro atoms. The molecule has 3 aromatic rings. The number of nitrogens with one attached hydrogen (secondary N) is 1. The van der Waals surface area contributed by atoms with Gasteiger partial charge in [0.1, 0.15) is 29.9 Å². The second kappa shape index (κ2) is 14.0. The molecular weight excluding hydrogens is 549 g/mol. The Morgan fingerprint density at radius 3 is 2.12 bits per heavy atom. The van der Waals surface area contributed by atoms with Gasteiger partial charge in [-0.1, -0.05) is 31.2 Å². The molecule has 0 aliphatic rings. The van der Waals surface area contributed by atoms with Crippen molar-refractivity contribution in [2.45, 2.75) is 50.7 Å². The Hall–Kier alpha value is -4.12. The zero-order valence-corrected chi connectivity index (χ0v) is 24.7. The summed E-state index contributed by atoms with van der Waals surface area (Å²) in [4.78, 5) is 28.5. The number of rotatable bonds is 13. The number of amides is 2. The highest BCUT2D eigenvalue weighted by molar-refractivity contribution is 7.92. The molecule has 1 N–H and O–H groups in total. The van der Waals surface area contributed by atoms with Crippen LogP contribution in [-0.2, 0) is 26.2 Å². The number of benzene rings is 3. The van der Waals surface area contributed by atoms with Crippen LogP contribution in [0.5, 0.6) is 11.5 Å². The van der Waals surface area contributed by atoms with Gasteiger partial charge in [-0.25, -0.2) is 12.8 Å². The van der Waals surface area contributed by atoms with Gasteiger partial charge >= 0.3 is 0 Å². The zero-order chi connectivity index (χ0) is 30.2. The number of hydrogen-bond acceptors (Lipinski definition) is 6. The van der Waals surface area contributed by atoms with Crippen molar-refractivity contribution in [3.05, 3.63) is 84.2 Å². The summed E-state index contributed by atoms with van der Waals surface area (Å²) >= 11 is 0. The monoisotopic (exact) mass is 585 g/mol. The quantitative estimate of drug-likeness (QED) is 0.320. The van der Waals surface area contributed by atoms with Crippen molar-refractivity contribution in [2.24, 2.45) is 0 Å². The van der Waals surface area contributed by atoms with Crippen LogP contribution in [-0.4, -0.2) is 58.0 Å². The van der Waals surface area contributed by atoms with Crippen molar-refractivity contribution < 1.29 is 31.9 Å². The summed E-state index contributed by atoms with van der Waals surface area (Å²) in [5.41, 5.74) is 0.734. The topological polar surface area (TPSA) is 105 Å². The Labute approximate surface area is 240 Å². The summed E-state index contributed by atoms with van der Waals surface area (Å²) in [6, 6.07) is 16.8. The lowest BCUT2D eigenvalue weighted by Gasteiger charge is -2.33. The maximum atomic E-state index is 14.1. The molecule has 1 atom stereocenters. The second-order valence-corrected chi connectivity index (χ2v) is 11.5. The minimum atomic E-state index is -4.29. The smallest absolute Gasteiger partial charge is 0.264 e. The normalized spacial score (nSPS) is 12.0. The number of nitrogens with zero attached hydrogens (tertiary/aromatic N) is 2. The van der Waals surface area contributed by atoms with Crippen LogP contribution in [0, 0.1) is 5.82 Å². The van der Waals surface area contributed by atoms with Crippen LogP contribution in [0.25, 0.3) is 0 Å². The second-order valence-electron chi connectivity index (χ2n) is 9.59. The highest BCUT2D eigenvalue weighted by Crippen LogP contribution is 2.33. The molecule has 2 amide bonds. The zero-order valence-electron chi connectivity index (χ0n) is 23.8. The van der Waals surface area contributed by atoms with E-state index < -0.39 is 34.3 Å². The Kier molecular flexibility index (Phi) is 10.7. The molecule has 11 heteroatoms. The molecule has 220 valence electrons. The predicted octanol–water partition coefficient (Wildman–Crippen LogP) is 4.37. The van der Waals surface area contributed by atoms with E-state index in [4.69, 9.17) is 9.47 Å². The Bertz CT molecular complexity index is 1430. The van der Waals surface area contributed by atoms with E-state index in [-0.39, 0.29) is 41.2 Å². The molecular formula is C30H36FN3O6S. The maximum absolute atomic E-state index is 14.1. The average molecular weight is 586 g/mol. The first-order chi connectivity index (χ1) is 19.5. The fourth-order valence-electron chi connectivity index (χ4n) is 4.31. The molecule has 0 unspecified atom stereocenters. The summed E-state index contributed by atoms with van der Waals surface area (Å²) in [7, 11) is -1.41. The Balaban J connectivity index is 2.10. The van der Waals surface area contributed by atoms with Crippen molar-refractivity contribution in [1.82, 2.24) is 10.2 Å².